The number of H-pyrrole nitrogens is 1. The molecule has 1 N–H and O–H groups in total. The molecule has 0 saturated carbocycles. The second-order valence-corrected chi connectivity index (χ2v) is 6.23. The third-order valence-corrected chi connectivity index (χ3v) is 4.37. The number of nitrogens with zero attached hydrogens (tertiary/aromatic N) is 8. The van der Waals surface area contributed by atoms with Crippen molar-refractivity contribution >= 4 is 33.9 Å². The Labute approximate surface area is 162 Å². The van der Waals surface area contributed by atoms with Crippen molar-refractivity contribution in [3.8, 4) is 5.95 Å². The first-order valence-corrected chi connectivity index (χ1v) is 8.68. The molecule has 0 bridgehead atoms. The maximum Gasteiger partial charge on any atom is 0.311 e. The van der Waals surface area contributed by atoms with Gasteiger partial charge in [0.25, 0.3) is 5.78 Å². The van der Waals surface area contributed by atoms with Crippen LogP contribution in [0.1, 0.15) is 11.5 Å². The molecule has 1 aromatic carbocycles. The Morgan fingerprint density at radius 3 is 2.79 bits per heavy atom. The van der Waals surface area contributed by atoms with Gasteiger partial charge in [0.05, 0.1) is 24.6 Å². The zero-order chi connectivity index (χ0) is 20.0. The molecule has 0 spiro atoms. The summed E-state index contributed by atoms with van der Waals surface area (Å²) in [5, 5.41) is 17.3. The molecule has 5 aromatic rings. The van der Waals surface area contributed by atoms with Crippen LogP contribution in [0.15, 0.2) is 24.3 Å². The van der Waals surface area contributed by atoms with E-state index >= 15 is 0 Å². The Bertz CT molecular complexity index is 1330. The summed E-state index contributed by atoms with van der Waals surface area (Å²) < 4.78 is 12.9. The first-order valence-electron chi connectivity index (χ1n) is 8.68. The third kappa shape index (κ3) is 2.77. The highest BCUT2D eigenvalue weighted by Gasteiger charge is 2.23. The standard InChI is InChI=1S/C17H15N9O3/c1-28-8-12-20-17-22-21-14-11(7-13(27)29-2)23-25(15(14)26(17)24-12)16-18-9-5-3-4-6-10(9)19-16/h3-6H,7-8H2,1-2H3,(H,18,19). The lowest BCUT2D eigenvalue weighted by Gasteiger charge is -1.99. The molecule has 0 atom stereocenters. The number of fused-ring (bicyclic) bond motifs is 4. The predicted octanol–water partition coefficient (Wildman–Crippen LogP) is 0.596. The van der Waals surface area contributed by atoms with Gasteiger partial charge in [0.1, 0.15) is 12.3 Å². The Hall–Kier alpha value is -3.93. The zero-order valence-corrected chi connectivity index (χ0v) is 15.5. The van der Waals surface area contributed by atoms with E-state index in [9.17, 15) is 4.79 Å². The molecule has 12 nitrogen and oxygen atoms in total. The second-order valence-electron chi connectivity index (χ2n) is 6.23. The average molecular weight is 393 g/mol. The van der Waals surface area contributed by atoms with Gasteiger partial charge in [0.15, 0.2) is 17.0 Å². The van der Waals surface area contributed by atoms with E-state index in [4.69, 9.17) is 9.47 Å². The number of esters is 1. The van der Waals surface area contributed by atoms with Gasteiger partial charge in [0, 0.05) is 7.11 Å². The molecule has 0 aliphatic heterocycles. The fraction of sp³-hybridized carbons (Fsp3) is 0.235. The predicted molar refractivity (Wildman–Crippen MR) is 99.3 cm³/mol. The van der Waals surface area contributed by atoms with Gasteiger partial charge in [-0.25, -0.2) is 4.98 Å². The number of benzene rings is 1. The van der Waals surface area contributed by atoms with Crippen molar-refractivity contribution < 1.29 is 14.3 Å². The summed E-state index contributed by atoms with van der Waals surface area (Å²) in [5.41, 5.74) is 2.89. The highest BCUT2D eigenvalue weighted by Crippen LogP contribution is 2.22. The molecule has 0 unspecified atom stereocenters. The lowest BCUT2D eigenvalue weighted by molar-refractivity contribution is -0.139. The summed E-state index contributed by atoms with van der Waals surface area (Å²) in [5.74, 6) is 0.736. The van der Waals surface area contributed by atoms with Gasteiger partial charge in [-0.1, -0.05) is 12.1 Å². The summed E-state index contributed by atoms with van der Waals surface area (Å²) in [6.45, 7) is 0.221. The van der Waals surface area contributed by atoms with E-state index in [0.29, 0.717) is 28.6 Å². The van der Waals surface area contributed by atoms with E-state index in [2.05, 4.69) is 35.3 Å². The highest BCUT2D eigenvalue weighted by atomic mass is 16.5. The van der Waals surface area contributed by atoms with E-state index < -0.39 is 5.97 Å². The van der Waals surface area contributed by atoms with Crippen LogP contribution < -0.4 is 0 Å². The van der Waals surface area contributed by atoms with Crippen molar-refractivity contribution in [2.45, 2.75) is 13.0 Å². The summed E-state index contributed by atoms with van der Waals surface area (Å²) >= 11 is 0. The molecule has 5 rings (SSSR count). The van der Waals surface area contributed by atoms with Gasteiger partial charge in [-0.2, -0.15) is 19.3 Å². The van der Waals surface area contributed by atoms with Crippen LogP contribution in [-0.4, -0.2) is 64.7 Å². The molecular weight excluding hydrogens is 378 g/mol. The number of rotatable bonds is 5. The fourth-order valence-corrected chi connectivity index (χ4v) is 3.09. The monoisotopic (exact) mass is 393 g/mol. The minimum Gasteiger partial charge on any atom is -0.469 e. The number of hydrogen-bond donors (Lipinski definition) is 1. The van der Waals surface area contributed by atoms with E-state index in [-0.39, 0.29) is 18.8 Å². The molecule has 0 saturated heterocycles. The van der Waals surface area contributed by atoms with Crippen molar-refractivity contribution in [3.63, 3.8) is 0 Å². The average Bonchev–Trinajstić information content (AvgIpc) is 3.42. The molecule has 0 amide bonds. The Morgan fingerprint density at radius 1 is 1.14 bits per heavy atom. The molecule has 146 valence electrons. The van der Waals surface area contributed by atoms with E-state index in [1.165, 1.54) is 11.6 Å². The number of aromatic nitrogens is 9. The number of methoxy groups -OCH3 is 2. The van der Waals surface area contributed by atoms with E-state index in [0.717, 1.165) is 11.0 Å². The molecule has 0 aliphatic rings. The molecule has 29 heavy (non-hydrogen) atoms. The number of hydrogen-bond acceptors (Lipinski definition) is 9. The quantitative estimate of drug-likeness (QED) is 0.425. The van der Waals surface area contributed by atoms with Crippen LogP contribution in [0.25, 0.3) is 33.9 Å². The van der Waals surface area contributed by atoms with Crippen LogP contribution in [-0.2, 0) is 27.3 Å². The highest BCUT2D eigenvalue weighted by molar-refractivity contribution is 5.83. The van der Waals surface area contributed by atoms with Gasteiger partial charge in [-0.3, -0.25) is 4.79 Å². The topological polar surface area (TPSA) is 138 Å². The summed E-state index contributed by atoms with van der Waals surface area (Å²) in [6, 6.07) is 7.60. The van der Waals surface area contributed by atoms with Crippen LogP contribution in [0.2, 0.25) is 0 Å². The molecular formula is C17H15N9O3. The Kier molecular flexibility index (Phi) is 3.91. The van der Waals surface area contributed by atoms with E-state index in [1.54, 1.807) is 11.8 Å². The van der Waals surface area contributed by atoms with Gasteiger partial charge < -0.3 is 14.5 Å². The molecule has 0 fully saturated rings. The lowest BCUT2D eigenvalue weighted by atomic mass is 10.3. The van der Waals surface area contributed by atoms with Gasteiger partial charge in [0.2, 0.25) is 5.95 Å². The Morgan fingerprint density at radius 2 is 2.00 bits per heavy atom. The number of imidazole rings is 1. The van der Waals surface area contributed by atoms with Crippen molar-refractivity contribution in [1.29, 1.82) is 0 Å². The van der Waals surface area contributed by atoms with Crippen molar-refractivity contribution in [2.75, 3.05) is 14.2 Å². The number of para-hydroxylation sites is 2. The van der Waals surface area contributed by atoms with Crippen LogP contribution in [0.5, 0.6) is 0 Å². The Balaban J connectivity index is 1.80. The smallest absolute Gasteiger partial charge is 0.311 e. The zero-order valence-electron chi connectivity index (χ0n) is 15.5. The van der Waals surface area contributed by atoms with Crippen LogP contribution in [0, 0.1) is 0 Å². The fourth-order valence-electron chi connectivity index (χ4n) is 3.09. The molecule has 4 aromatic heterocycles. The number of carbonyl (C=O) groups is 1. The largest absolute Gasteiger partial charge is 0.469 e. The van der Waals surface area contributed by atoms with E-state index in [1.807, 2.05) is 24.3 Å². The first-order chi connectivity index (χ1) is 14.2. The molecule has 0 aliphatic carbocycles. The SMILES string of the molecule is COCc1nc2nnc3c(CC(=O)OC)nn(-c4nc5ccccc5[nH]4)c3n2n1. The van der Waals surface area contributed by atoms with Gasteiger partial charge >= 0.3 is 5.97 Å². The number of carbonyl (C=O) groups excluding carboxylic acids is 1. The number of nitrogens with one attached hydrogen (secondary N) is 1. The summed E-state index contributed by atoms with van der Waals surface area (Å²) in [6.07, 6.45) is -0.0694. The number of ether oxygens (including phenoxy) is 2. The first kappa shape index (κ1) is 17.2. The lowest BCUT2D eigenvalue weighted by Crippen LogP contribution is -2.06. The van der Waals surface area contributed by atoms with Gasteiger partial charge in [-0.05, 0) is 12.1 Å². The summed E-state index contributed by atoms with van der Waals surface area (Å²) in [4.78, 5) is 24.0. The van der Waals surface area contributed by atoms with Crippen LogP contribution >= 0.6 is 0 Å². The minimum atomic E-state index is -0.443. The third-order valence-electron chi connectivity index (χ3n) is 4.37. The number of aromatic amines is 1. The maximum atomic E-state index is 11.9. The van der Waals surface area contributed by atoms with Crippen LogP contribution in [0.3, 0.4) is 0 Å². The second kappa shape index (κ2) is 6.60. The van der Waals surface area contributed by atoms with Crippen LogP contribution in [0.4, 0.5) is 0 Å². The van der Waals surface area contributed by atoms with Gasteiger partial charge in [-0.15, -0.1) is 15.3 Å². The molecule has 12 heteroatoms. The summed E-state index contributed by atoms with van der Waals surface area (Å²) in [7, 11) is 2.87. The van der Waals surface area contributed by atoms with Crippen molar-refractivity contribution in [3.05, 3.63) is 35.8 Å². The van der Waals surface area contributed by atoms with Crippen molar-refractivity contribution in [2.24, 2.45) is 0 Å². The minimum absolute atomic E-state index is 0.0694. The molecule has 4 heterocycles. The normalized spacial score (nSPS) is 11.7. The van der Waals surface area contributed by atoms with Crippen molar-refractivity contribution in [1.82, 2.24) is 44.5 Å². The molecule has 0 radical (unpaired) electrons. The maximum absolute atomic E-state index is 11.9.